The van der Waals surface area contributed by atoms with Gasteiger partial charge in [-0.05, 0) is 6.07 Å². The highest BCUT2D eigenvalue weighted by Gasteiger charge is 2.27. The Morgan fingerprint density at radius 1 is 1.42 bits per heavy atom. The number of nitrogens with zero attached hydrogens (tertiary/aromatic N) is 4. The minimum absolute atomic E-state index is 0.201. The lowest BCUT2D eigenvalue weighted by atomic mass is 10.4. The summed E-state index contributed by atoms with van der Waals surface area (Å²) in [6.45, 7) is -0.958. The van der Waals surface area contributed by atoms with Crippen molar-refractivity contribution in [2.75, 3.05) is 13.1 Å². The van der Waals surface area contributed by atoms with E-state index >= 15 is 0 Å². The highest BCUT2D eigenvalue weighted by Crippen LogP contribution is 2.18. The van der Waals surface area contributed by atoms with E-state index in [1.54, 1.807) is 12.1 Å². The van der Waals surface area contributed by atoms with Gasteiger partial charge >= 0.3 is 5.97 Å². The minimum Gasteiger partial charge on any atom is -0.477 e. The van der Waals surface area contributed by atoms with Gasteiger partial charge in [0.2, 0.25) is 10.0 Å². The number of nitriles is 2. The fourth-order valence-corrected chi connectivity index (χ4v) is 2.73. The SMILES string of the molecule is Cn1cc(S(=O)(=O)N(CC#N)CC#N)cc1C(=O)O. The zero-order valence-electron chi connectivity index (χ0n) is 9.94. The molecule has 9 heteroatoms. The third-order valence-electron chi connectivity index (χ3n) is 2.33. The number of carbonyl (C=O) groups is 1. The molecule has 0 aliphatic rings. The number of sulfonamides is 1. The maximum absolute atomic E-state index is 12.1. The van der Waals surface area contributed by atoms with Crippen LogP contribution in [0.2, 0.25) is 0 Å². The number of hydrogen-bond acceptors (Lipinski definition) is 5. The van der Waals surface area contributed by atoms with E-state index < -0.39 is 29.1 Å². The first-order valence-electron chi connectivity index (χ1n) is 4.98. The van der Waals surface area contributed by atoms with Crippen molar-refractivity contribution in [2.24, 2.45) is 7.05 Å². The summed E-state index contributed by atoms with van der Waals surface area (Å²) in [5.74, 6) is -1.27. The number of carboxylic acid groups (broad SMARTS) is 1. The molecule has 0 spiro atoms. The van der Waals surface area contributed by atoms with E-state index in [0.717, 1.165) is 16.8 Å². The molecule has 1 rings (SSSR count). The topological polar surface area (TPSA) is 127 Å². The van der Waals surface area contributed by atoms with Gasteiger partial charge in [0.05, 0.1) is 12.1 Å². The summed E-state index contributed by atoms with van der Waals surface area (Å²) >= 11 is 0. The third kappa shape index (κ3) is 2.91. The first-order chi connectivity index (χ1) is 8.84. The Hall–Kier alpha value is -2.36. The molecule has 0 atom stereocenters. The zero-order chi connectivity index (χ0) is 14.6. The van der Waals surface area contributed by atoms with Crippen molar-refractivity contribution in [3.8, 4) is 12.1 Å². The van der Waals surface area contributed by atoms with Crippen molar-refractivity contribution in [2.45, 2.75) is 4.90 Å². The van der Waals surface area contributed by atoms with Crippen molar-refractivity contribution in [3.63, 3.8) is 0 Å². The van der Waals surface area contributed by atoms with Crippen LogP contribution in [0.1, 0.15) is 10.5 Å². The summed E-state index contributed by atoms with van der Waals surface area (Å²) in [4.78, 5) is 10.6. The molecule has 0 aromatic carbocycles. The summed E-state index contributed by atoms with van der Waals surface area (Å²) in [6, 6.07) is 4.28. The molecule has 0 fully saturated rings. The summed E-state index contributed by atoms with van der Waals surface area (Å²) in [5, 5.41) is 26.0. The molecule has 19 heavy (non-hydrogen) atoms. The first-order valence-corrected chi connectivity index (χ1v) is 6.42. The Kier molecular flexibility index (Phi) is 4.27. The molecule has 0 aliphatic carbocycles. The van der Waals surface area contributed by atoms with Gasteiger partial charge in [0, 0.05) is 13.2 Å². The Labute approximate surface area is 109 Å². The maximum atomic E-state index is 12.1. The van der Waals surface area contributed by atoms with E-state index in [0.29, 0.717) is 4.31 Å². The van der Waals surface area contributed by atoms with Gasteiger partial charge in [-0.15, -0.1) is 0 Å². The highest BCUT2D eigenvalue weighted by atomic mass is 32.2. The fraction of sp³-hybridized carbons (Fsp3) is 0.300. The summed E-state index contributed by atoms with van der Waals surface area (Å²) in [6.07, 6.45) is 1.13. The van der Waals surface area contributed by atoms with Gasteiger partial charge in [0.15, 0.2) is 0 Å². The van der Waals surface area contributed by atoms with Crippen LogP contribution < -0.4 is 0 Å². The Morgan fingerprint density at radius 2 is 1.95 bits per heavy atom. The van der Waals surface area contributed by atoms with Crippen LogP contribution in [0.4, 0.5) is 0 Å². The van der Waals surface area contributed by atoms with Crippen LogP contribution in [-0.2, 0) is 17.1 Å². The van der Waals surface area contributed by atoms with Crippen LogP contribution in [0.3, 0.4) is 0 Å². The van der Waals surface area contributed by atoms with E-state index in [-0.39, 0.29) is 10.6 Å². The molecule has 0 amide bonds. The molecule has 1 heterocycles. The Morgan fingerprint density at radius 3 is 2.32 bits per heavy atom. The van der Waals surface area contributed by atoms with E-state index in [2.05, 4.69) is 0 Å². The van der Waals surface area contributed by atoms with Crippen LogP contribution in [-0.4, -0.2) is 41.5 Å². The predicted octanol–water partition coefficient (Wildman–Crippen LogP) is -0.239. The van der Waals surface area contributed by atoms with E-state index in [1.165, 1.54) is 7.05 Å². The molecule has 0 saturated carbocycles. The molecule has 0 unspecified atom stereocenters. The van der Waals surface area contributed by atoms with Crippen molar-refractivity contribution in [3.05, 3.63) is 18.0 Å². The highest BCUT2D eigenvalue weighted by molar-refractivity contribution is 7.89. The number of rotatable bonds is 5. The van der Waals surface area contributed by atoms with Gasteiger partial charge in [-0.2, -0.15) is 14.8 Å². The van der Waals surface area contributed by atoms with E-state index in [9.17, 15) is 13.2 Å². The molecule has 100 valence electrons. The fourth-order valence-electron chi connectivity index (χ4n) is 1.42. The monoisotopic (exact) mass is 282 g/mol. The second-order valence-electron chi connectivity index (χ2n) is 3.57. The lowest BCUT2D eigenvalue weighted by molar-refractivity contribution is 0.0686. The second-order valence-corrected chi connectivity index (χ2v) is 5.50. The lowest BCUT2D eigenvalue weighted by Crippen LogP contribution is -2.31. The molecule has 1 N–H and O–H groups in total. The van der Waals surface area contributed by atoms with E-state index in [1.807, 2.05) is 0 Å². The van der Waals surface area contributed by atoms with Crippen LogP contribution in [0.15, 0.2) is 17.2 Å². The van der Waals surface area contributed by atoms with Crippen LogP contribution >= 0.6 is 0 Å². The molecular formula is C10H10N4O4S. The van der Waals surface area contributed by atoms with Gasteiger partial charge in [-0.1, -0.05) is 0 Å². The van der Waals surface area contributed by atoms with Crippen LogP contribution in [0.25, 0.3) is 0 Å². The molecule has 0 aliphatic heterocycles. The maximum Gasteiger partial charge on any atom is 0.352 e. The largest absolute Gasteiger partial charge is 0.477 e. The first kappa shape index (κ1) is 14.7. The molecule has 0 radical (unpaired) electrons. The van der Waals surface area contributed by atoms with Gasteiger partial charge in [-0.3, -0.25) is 0 Å². The van der Waals surface area contributed by atoms with Gasteiger partial charge < -0.3 is 9.67 Å². The van der Waals surface area contributed by atoms with Gasteiger partial charge in [0.25, 0.3) is 0 Å². The molecule has 0 saturated heterocycles. The average molecular weight is 282 g/mol. The second kappa shape index (κ2) is 5.52. The third-order valence-corrected chi connectivity index (χ3v) is 4.09. The molecule has 1 aromatic heterocycles. The molecule has 8 nitrogen and oxygen atoms in total. The van der Waals surface area contributed by atoms with Gasteiger partial charge in [0.1, 0.15) is 23.7 Å². The van der Waals surface area contributed by atoms with Crippen LogP contribution in [0, 0.1) is 22.7 Å². The number of aromatic carboxylic acids is 1. The van der Waals surface area contributed by atoms with Crippen molar-refractivity contribution < 1.29 is 18.3 Å². The molecule has 1 aromatic rings. The number of aryl methyl sites for hydroxylation is 1. The zero-order valence-corrected chi connectivity index (χ0v) is 10.8. The smallest absolute Gasteiger partial charge is 0.352 e. The van der Waals surface area contributed by atoms with Gasteiger partial charge in [-0.25, -0.2) is 13.2 Å². The molecule has 0 bridgehead atoms. The number of aromatic nitrogens is 1. The Balaban J connectivity index is 3.27. The number of carboxylic acids is 1. The predicted molar refractivity (Wildman–Crippen MR) is 62.4 cm³/mol. The summed E-state index contributed by atoms with van der Waals surface area (Å²) < 4.78 is 26.1. The van der Waals surface area contributed by atoms with Crippen molar-refractivity contribution in [1.29, 1.82) is 10.5 Å². The average Bonchev–Trinajstić information content (AvgIpc) is 2.72. The normalized spacial score (nSPS) is 10.9. The minimum atomic E-state index is -4.06. The lowest BCUT2D eigenvalue weighted by Gasteiger charge is -2.14. The van der Waals surface area contributed by atoms with E-state index in [4.69, 9.17) is 15.6 Å². The Bertz CT molecular complexity index is 661. The van der Waals surface area contributed by atoms with Crippen LogP contribution in [0.5, 0.6) is 0 Å². The van der Waals surface area contributed by atoms with Crippen molar-refractivity contribution >= 4 is 16.0 Å². The quantitative estimate of drug-likeness (QED) is 0.742. The summed E-state index contributed by atoms with van der Waals surface area (Å²) in [7, 11) is -2.67. The standard InChI is InChI=1S/C10H10N4O4S/c1-13-7-8(6-9(13)10(15)16)19(17,18)14(4-2-11)5-3-12/h6-7H,4-5H2,1H3,(H,15,16). The molecular weight excluding hydrogens is 272 g/mol. The summed E-state index contributed by atoms with van der Waals surface area (Å²) in [5.41, 5.74) is -0.201. The van der Waals surface area contributed by atoms with Crippen molar-refractivity contribution in [1.82, 2.24) is 8.87 Å². The number of hydrogen-bond donors (Lipinski definition) is 1.